The lowest BCUT2D eigenvalue weighted by Crippen LogP contribution is -2.39. The number of amides is 1. The zero-order valence-electron chi connectivity index (χ0n) is 15.9. The number of esters is 1. The second-order valence-electron chi connectivity index (χ2n) is 6.86. The molecule has 0 saturated carbocycles. The van der Waals surface area contributed by atoms with E-state index in [9.17, 15) is 19.5 Å². The maximum atomic E-state index is 12.0. The highest BCUT2D eigenvalue weighted by molar-refractivity contribution is 9.10. The summed E-state index contributed by atoms with van der Waals surface area (Å²) in [6, 6.07) is 7.31. The average Bonchev–Trinajstić information content (AvgIpc) is 2.57. The van der Waals surface area contributed by atoms with Crippen molar-refractivity contribution in [2.75, 3.05) is 6.54 Å². The lowest BCUT2D eigenvalue weighted by atomic mass is 9.99. The Morgan fingerprint density at radius 1 is 1.15 bits per heavy atom. The number of halogens is 1. The number of carbonyl (C=O) groups excluding carboxylic acids is 2. The maximum absolute atomic E-state index is 12.0. The molecular weight excluding hydrogens is 418 g/mol. The quantitative estimate of drug-likeness (QED) is 0.446. The van der Waals surface area contributed by atoms with Crippen LogP contribution in [-0.4, -0.2) is 36.0 Å². The molecule has 0 aliphatic heterocycles. The SMILES string of the molecule is CC(C)C(=O)O[C@@H](OC(=O)NC[C@H](Cc1cccc(Br)c1)C(=O)O)C(C)C. The largest absolute Gasteiger partial charge is 0.481 e. The van der Waals surface area contributed by atoms with E-state index in [1.165, 1.54) is 0 Å². The molecule has 150 valence electrons. The smallest absolute Gasteiger partial charge is 0.410 e. The predicted octanol–water partition coefficient (Wildman–Crippen LogP) is 3.60. The number of rotatable bonds is 9. The predicted molar refractivity (Wildman–Crippen MR) is 103 cm³/mol. The van der Waals surface area contributed by atoms with Crippen LogP contribution in [0.3, 0.4) is 0 Å². The van der Waals surface area contributed by atoms with E-state index < -0.39 is 30.2 Å². The Balaban J connectivity index is 2.62. The Morgan fingerprint density at radius 2 is 1.81 bits per heavy atom. The van der Waals surface area contributed by atoms with Gasteiger partial charge >= 0.3 is 18.0 Å². The van der Waals surface area contributed by atoms with Crippen LogP contribution in [0.15, 0.2) is 28.7 Å². The number of hydrogen-bond acceptors (Lipinski definition) is 5. The van der Waals surface area contributed by atoms with Crippen molar-refractivity contribution in [3.05, 3.63) is 34.3 Å². The van der Waals surface area contributed by atoms with Gasteiger partial charge in [-0.2, -0.15) is 0 Å². The van der Waals surface area contributed by atoms with E-state index in [-0.39, 0.29) is 24.8 Å². The number of alkyl carbamates (subject to hydrolysis) is 1. The highest BCUT2D eigenvalue weighted by Crippen LogP contribution is 2.16. The zero-order valence-corrected chi connectivity index (χ0v) is 17.5. The van der Waals surface area contributed by atoms with Gasteiger partial charge in [0.05, 0.1) is 11.8 Å². The number of hydrogen-bond donors (Lipinski definition) is 2. The fourth-order valence-electron chi connectivity index (χ4n) is 2.10. The molecule has 0 fully saturated rings. The number of carboxylic acids is 1. The first-order chi connectivity index (χ1) is 12.6. The van der Waals surface area contributed by atoms with E-state index in [0.717, 1.165) is 10.0 Å². The van der Waals surface area contributed by atoms with Crippen molar-refractivity contribution in [2.45, 2.75) is 40.4 Å². The summed E-state index contributed by atoms with van der Waals surface area (Å²) in [7, 11) is 0. The van der Waals surface area contributed by atoms with Crippen LogP contribution in [0, 0.1) is 17.8 Å². The molecular formula is C19H26BrNO6. The molecule has 0 aromatic heterocycles. The standard InChI is InChI=1S/C19H26BrNO6/c1-11(2)17(24)26-18(12(3)4)27-19(25)21-10-14(16(22)23)8-13-6-5-7-15(20)9-13/h5-7,9,11-12,14,18H,8,10H2,1-4H3,(H,21,25)(H,22,23)/t14-,18-/m0/s1. The first-order valence-corrected chi connectivity index (χ1v) is 9.51. The van der Waals surface area contributed by atoms with E-state index in [4.69, 9.17) is 9.47 Å². The number of carbonyl (C=O) groups is 3. The molecule has 2 N–H and O–H groups in total. The molecule has 0 aliphatic rings. The van der Waals surface area contributed by atoms with E-state index >= 15 is 0 Å². The van der Waals surface area contributed by atoms with Gasteiger partial charge in [-0.25, -0.2) is 4.79 Å². The molecule has 0 heterocycles. The molecule has 0 spiro atoms. The zero-order chi connectivity index (χ0) is 20.6. The van der Waals surface area contributed by atoms with Gasteiger partial charge < -0.3 is 19.9 Å². The van der Waals surface area contributed by atoms with Gasteiger partial charge in [-0.15, -0.1) is 0 Å². The van der Waals surface area contributed by atoms with Gasteiger partial charge in [0.15, 0.2) is 0 Å². The molecule has 1 aromatic carbocycles. The number of carboxylic acid groups (broad SMARTS) is 1. The topological polar surface area (TPSA) is 102 Å². The van der Waals surface area contributed by atoms with Gasteiger partial charge in [0, 0.05) is 16.9 Å². The lowest BCUT2D eigenvalue weighted by molar-refractivity contribution is -0.178. The summed E-state index contributed by atoms with van der Waals surface area (Å²) < 4.78 is 11.2. The van der Waals surface area contributed by atoms with Gasteiger partial charge in [0.2, 0.25) is 0 Å². The van der Waals surface area contributed by atoms with Crippen LogP contribution in [0.4, 0.5) is 4.79 Å². The van der Waals surface area contributed by atoms with Crippen LogP contribution in [0.5, 0.6) is 0 Å². The highest BCUT2D eigenvalue weighted by Gasteiger charge is 2.25. The number of benzene rings is 1. The summed E-state index contributed by atoms with van der Waals surface area (Å²) in [6.07, 6.45) is -1.61. The number of ether oxygens (including phenoxy) is 2. The second kappa shape index (κ2) is 10.9. The van der Waals surface area contributed by atoms with Crippen molar-refractivity contribution in [1.29, 1.82) is 0 Å². The monoisotopic (exact) mass is 443 g/mol. The van der Waals surface area contributed by atoms with Gasteiger partial charge in [0.25, 0.3) is 6.29 Å². The van der Waals surface area contributed by atoms with Crippen LogP contribution in [0.1, 0.15) is 33.3 Å². The van der Waals surface area contributed by atoms with Gasteiger partial charge in [0.1, 0.15) is 0 Å². The second-order valence-corrected chi connectivity index (χ2v) is 7.78. The molecule has 8 heteroatoms. The minimum atomic E-state index is -1.03. The van der Waals surface area contributed by atoms with Crippen molar-refractivity contribution >= 4 is 34.0 Å². The van der Waals surface area contributed by atoms with Crippen LogP contribution in [0.25, 0.3) is 0 Å². The molecule has 1 aromatic rings. The molecule has 1 amide bonds. The Labute approximate surface area is 167 Å². The van der Waals surface area contributed by atoms with Gasteiger partial charge in [-0.1, -0.05) is 55.8 Å². The Hall–Kier alpha value is -2.09. The molecule has 0 radical (unpaired) electrons. The number of aliphatic carboxylic acids is 1. The molecule has 0 aliphatic carbocycles. The van der Waals surface area contributed by atoms with Crippen LogP contribution in [0.2, 0.25) is 0 Å². The molecule has 0 bridgehead atoms. The van der Waals surface area contributed by atoms with Crippen LogP contribution >= 0.6 is 15.9 Å². The van der Waals surface area contributed by atoms with Crippen LogP contribution < -0.4 is 5.32 Å². The Bertz CT molecular complexity index is 661. The fraction of sp³-hybridized carbons (Fsp3) is 0.526. The molecule has 1 rings (SSSR count). The van der Waals surface area contributed by atoms with Gasteiger partial charge in [-0.3, -0.25) is 9.59 Å². The van der Waals surface area contributed by atoms with Gasteiger partial charge in [-0.05, 0) is 24.1 Å². The molecule has 0 unspecified atom stereocenters. The molecule has 7 nitrogen and oxygen atoms in total. The highest BCUT2D eigenvalue weighted by atomic mass is 79.9. The third-order valence-corrected chi connectivity index (χ3v) is 4.18. The summed E-state index contributed by atoms with van der Waals surface area (Å²) in [5.74, 6) is -2.90. The van der Waals surface area contributed by atoms with E-state index in [1.807, 2.05) is 24.3 Å². The van der Waals surface area contributed by atoms with Crippen molar-refractivity contribution in [2.24, 2.45) is 17.8 Å². The summed E-state index contributed by atoms with van der Waals surface area (Å²) in [6.45, 7) is 6.75. The van der Waals surface area contributed by atoms with Crippen LogP contribution in [-0.2, 0) is 25.5 Å². The Morgan fingerprint density at radius 3 is 2.33 bits per heavy atom. The summed E-state index contributed by atoms with van der Waals surface area (Å²) in [5.41, 5.74) is 0.831. The maximum Gasteiger partial charge on any atom is 0.410 e. The first kappa shape index (κ1) is 23.0. The Kier molecular flexibility index (Phi) is 9.28. The van der Waals surface area contributed by atoms with Crippen molar-refractivity contribution < 1.29 is 29.0 Å². The minimum Gasteiger partial charge on any atom is -0.481 e. The third-order valence-electron chi connectivity index (χ3n) is 3.68. The van der Waals surface area contributed by atoms with Crippen molar-refractivity contribution in [1.82, 2.24) is 5.32 Å². The van der Waals surface area contributed by atoms with E-state index in [0.29, 0.717) is 0 Å². The summed E-state index contributed by atoms with van der Waals surface area (Å²) >= 11 is 3.34. The summed E-state index contributed by atoms with van der Waals surface area (Å²) in [5, 5.41) is 11.8. The molecule has 27 heavy (non-hydrogen) atoms. The van der Waals surface area contributed by atoms with E-state index in [1.54, 1.807) is 27.7 Å². The average molecular weight is 444 g/mol. The molecule has 0 saturated heterocycles. The fourth-order valence-corrected chi connectivity index (χ4v) is 2.54. The van der Waals surface area contributed by atoms with Crippen molar-refractivity contribution in [3.63, 3.8) is 0 Å². The summed E-state index contributed by atoms with van der Waals surface area (Å²) in [4.78, 5) is 35.2. The van der Waals surface area contributed by atoms with Crippen molar-refractivity contribution in [3.8, 4) is 0 Å². The minimum absolute atomic E-state index is 0.108. The van der Waals surface area contributed by atoms with E-state index in [2.05, 4.69) is 21.2 Å². The number of nitrogens with one attached hydrogen (secondary N) is 1. The molecule has 2 atom stereocenters. The lowest BCUT2D eigenvalue weighted by Gasteiger charge is -2.23. The first-order valence-electron chi connectivity index (χ1n) is 8.72. The third kappa shape index (κ3) is 8.43. The normalized spacial score (nSPS) is 13.1.